The molecule has 0 bridgehead atoms. The van der Waals surface area contributed by atoms with Gasteiger partial charge in [-0.15, -0.1) is 0 Å². The van der Waals surface area contributed by atoms with Gasteiger partial charge in [-0.2, -0.15) is 13.2 Å². The highest BCUT2D eigenvalue weighted by molar-refractivity contribution is 6.30. The molecule has 1 atom stereocenters. The molecule has 10 heteroatoms. The molecule has 35 heavy (non-hydrogen) atoms. The van der Waals surface area contributed by atoms with Crippen molar-refractivity contribution in [1.29, 1.82) is 0 Å². The molecular weight excluding hydrogens is 483 g/mol. The van der Waals surface area contributed by atoms with Crippen LogP contribution in [0, 0.1) is 6.92 Å². The molecule has 1 unspecified atom stereocenters. The van der Waals surface area contributed by atoms with Crippen LogP contribution in [-0.4, -0.2) is 34.3 Å². The lowest BCUT2D eigenvalue weighted by Gasteiger charge is -2.23. The summed E-state index contributed by atoms with van der Waals surface area (Å²) in [7, 11) is 0. The molecule has 1 fully saturated rings. The van der Waals surface area contributed by atoms with Gasteiger partial charge in [0.2, 0.25) is 0 Å². The van der Waals surface area contributed by atoms with Gasteiger partial charge in [0.15, 0.2) is 0 Å². The number of piperidine rings is 1. The van der Waals surface area contributed by atoms with E-state index in [9.17, 15) is 18.0 Å². The Balaban J connectivity index is 1.58. The van der Waals surface area contributed by atoms with Gasteiger partial charge in [-0.25, -0.2) is 9.78 Å². The Hall–Kier alpha value is -2.78. The lowest BCUT2D eigenvalue weighted by molar-refractivity contribution is -0.189. The third kappa shape index (κ3) is 6.27. The van der Waals surface area contributed by atoms with E-state index in [0.29, 0.717) is 40.3 Å². The van der Waals surface area contributed by atoms with Gasteiger partial charge < -0.3 is 19.4 Å². The van der Waals surface area contributed by atoms with E-state index in [1.54, 1.807) is 37.3 Å². The summed E-state index contributed by atoms with van der Waals surface area (Å²) in [6.07, 6.45) is 0.425. The van der Waals surface area contributed by atoms with Gasteiger partial charge in [0.05, 0.1) is 11.0 Å². The lowest BCUT2D eigenvalue weighted by atomic mass is 10.0. The zero-order valence-electron chi connectivity index (χ0n) is 19.3. The van der Waals surface area contributed by atoms with Crippen molar-refractivity contribution in [3.05, 3.63) is 52.8 Å². The number of hydrogen-bond acceptors (Lipinski definition) is 5. The molecule has 0 amide bonds. The van der Waals surface area contributed by atoms with Crippen LogP contribution >= 0.6 is 11.6 Å². The summed E-state index contributed by atoms with van der Waals surface area (Å²) >= 11 is 5.94. The number of hydrogen-bond donors (Lipinski definition) is 1. The average molecular weight is 510 g/mol. The van der Waals surface area contributed by atoms with E-state index in [0.717, 1.165) is 31.3 Å². The largest absolute Gasteiger partial charge is 0.491 e. The Bertz CT molecular complexity index is 1170. The van der Waals surface area contributed by atoms with Crippen LogP contribution in [0.25, 0.3) is 11.0 Å². The molecule has 1 aromatic heterocycles. The molecule has 2 aromatic carbocycles. The van der Waals surface area contributed by atoms with Crippen LogP contribution in [0.5, 0.6) is 11.5 Å². The predicted octanol–water partition coefficient (Wildman–Crippen LogP) is 5.97. The molecule has 3 aromatic rings. The number of aromatic nitrogens is 2. The summed E-state index contributed by atoms with van der Waals surface area (Å²) in [6.45, 7) is 3.47. The fraction of sp³-hybridized carbons (Fsp3) is 0.440. The number of halogens is 4. The molecule has 188 valence electrons. The van der Waals surface area contributed by atoms with E-state index in [-0.39, 0.29) is 12.4 Å². The standard InChI is InChI=1S/C25H27ClF3N3O3/c1-16-21(35-24(33)25(27,28)29)12-11-20-23(16)31-22(15-34-19-9-7-17(26)8-10-19)32(20)14-4-6-18-5-2-3-13-30-18/h7-12,18,30H,2-6,13-15H2,1H3. The molecule has 0 saturated carbocycles. The van der Waals surface area contributed by atoms with Gasteiger partial charge in [0, 0.05) is 23.2 Å². The molecule has 1 N–H and O–H groups in total. The van der Waals surface area contributed by atoms with Crippen LogP contribution in [0.4, 0.5) is 13.2 Å². The first-order valence-electron chi connectivity index (χ1n) is 11.6. The number of alkyl halides is 3. The van der Waals surface area contributed by atoms with Crippen molar-refractivity contribution in [2.75, 3.05) is 6.54 Å². The fourth-order valence-electron chi connectivity index (χ4n) is 4.33. The first kappa shape index (κ1) is 25.3. The van der Waals surface area contributed by atoms with E-state index in [1.807, 2.05) is 4.57 Å². The number of esters is 1. The molecule has 6 nitrogen and oxygen atoms in total. The molecule has 0 radical (unpaired) electrons. The SMILES string of the molecule is Cc1c(OC(=O)C(F)(F)F)ccc2c1nc(COc1ccc(Cl)cc1)n2CCCC1CCCCN1. The molecule has 1 saturated heterocycles. The minimum Gasteiger partial charge on any atom is -0.486 e. The lowest BCUT2D eigenvalue weighted by Crippen LogP contribution is -2.34. The number of benzene rings is 2. The van der Waals surface area contributed by atoms with Crippen molar-refractivity contribution >= 4 is 28.6 Å². The number of rotatable bonds is 8. The number of nitrogens with zero attached hydrogens (tertiary/aromatic N) is 2. The molecule has 0 aliphatic carbocycles. The fourth-order valence-corrected chi connectivity index (χ4v) is 4.45. The van der Waals surface area contributed by atoms with Crippen LogP contribution < -0.4 is 14.8 Å². The topological polar surface area (TPSA) is 65.4 Å². The Labute approximate surface area is 206 Å². The van der Waals surface area contributed by atoms with Crippen LogP contribution in [0.15, 0.2) is 36.4 Å². The van der Waals surface area contributed by atoms with Crippen molar-refractivity contribution < 1.29 is 27.4 Å². The smallest absolute Gasteiger partial charge is 0.486 e. The molecule has 1 aliphatic heterocycles. The van der Waals surface area contributed by atoms with Gasteiger partial charge in [0.1, 0.15) is 23.9 Å². The summed E-state index contributed by atoms with van der Waals surface area (Å²) < 4.78 is 50.6. The van der Waals surface area contributed by atoms with Gasteiger partial charge >= 0.3 is 12.1 Å². The maximum absolute atomic E-state index is 12.7. The van der Waals surface area contributed by atoms with Crippen LogP contribution in [-0.2, 0) is 17.9 Å². The number of carbonyl (C=O) groups excluding carboxylic acids is 1. The number of nitrogens with one attached hydrogen (secondary N) is 1. The highest BCUT2D eigenvalue weighted by Crippen LogP contribution is 2.30. The summed E-state index contributed by atoms with van der Waals surface area (Å²) in [6, 6.07) is 10.5. The number of imidazole rings is 1. The van der Waals surface area contributed by atoms with Crippen molar-refractivity contribution in [2.24, 2.45) is 0 Å². The maximum Gasteiger partial charge on any atom is 0.491 e. The first-order chi connectivity index (χ1) is 16.7. The quantitative estimate of drug-likeness (QED) is 0.299. The molecular formula is C25H27ClF3N3O3. The van der Waals surface area contributed by atoms with Crippen molar-refractivity contribution in [3.8, 4) is 11.5 Å². The predicted molar refractivity (Wildman–Crippen MR) is 127 cm³/mol. The third-order valence-electron chi connectivity index (χ3n) is 6.17. The third-order valence-corrected chi connectivity index (χ3v) is 6.42. The summed E-state index contributed by atoms with van der Waals surface area (Å²) in [5.41, 5.74) is 1.59. The highest BCUT2D eigenvalue weighted by Gasteiger charge is 2.41. The van der Waals surface area contributed by atoms with E-state index in [2.05, 4.69) is 15.0 Å². The Morgan fingerprint density at radius 3 is 2.66 bits per heavy atom. The first-order valence-corrected chi connectivity index (χ1v) is 12.0. The second-order valence-corrected chi connectivity index (χ2v) is 9.09. The number of ether oxygens (including phenoxy) is 2. The summed E-state index contributed by atoms with van der Waals surface area (Å²) in [5.74, 6) is -1.17. The normalized spacial score (nSPS) is 16.4. The Kier molecular flexibility index (Phi) is 7.86. The second-order valence-electron chi connectivity index (χ2n) is 8.66. The zero-order chi connectivity index (χ0) is 25.0. The highest BCUT2D eigenvalue weighted by atomic mass is 35.5. The number of aryl methyl sites for hydroxylation is 2. The van der Waals surface area contributed by atoms with Crippen molar-refractivity contribution in [2.45, 2.75) is 64.4 Å². The van der Waals surface area contributed by atoms with Gasteiger partial charge in [-0.1, -0.05) is 18.0 Å². The number of carbonyl (C=O) groups is 1. The zero-order valence-corrected chi connectivity index (χ0v) is 20.1. The van der Waals surface area contributed by atoms with Crippen molar-refractivity contribution in [1.82, 2.24) is 14.9 Å². The molecule has 2 heterocycles. The Morgan fingerprint density at radius 1 is 1.20 bits per heavy atom. The molecule has 4 rings (SSSR count). The Morgan fingerprint density at radius 2 is 1.97 bits per heavy atom. The molecule has 0 spiro atoms. The molecule has 1 aliphatic rings. The van der Waals surface area contributed by atoms with E-state index in [4.69, 9.17) is 16.3 Å². The maximum atomic E-state index is 12.7. The van der Waals surface area contributed by atoms with E-state index >= 15 is 0 Å². The summed E-state index contributed by atoms with van der Waals surface area (Å²) in [4.78, 5) is 16.0. The van der Waals surface area contributed by atoms with Crippen LogP contribution in [0.3, 0.4) is 0 Å². The van der Waals surface area contributed by atoms with Gasteiger partial charge in [0.25, 0.3) is 0 Å². The number of fused-ring (bicyclic) bond motifs is 1. The van der Waals surface area contributed by atoms with E-state index in [1.165, 1.54) is 18.9 Å². The van der Waals surface area contributed by atoms with Crippen molar-refractivity contribution in [3.63, 3.8) is 0 Å². The average Bonchev–Trinajstić information content (AvgIpc) is 3.19. The second kappa shape index (κ2) is 10.9. The summed E-state index contributed by atoms with van der Waals surface area (Å²) in [5, 5.41) is 4.14. The van der Waals surface area contributed by atoms with E-state index < -0.39 is 12.1 Å². The van der Waals surface area contributed by atoms with Crippen LogP contribution in [0.2, 0.25) is 5.02 Å². The van der Waals surface area contributed by atoms with Gasteiger partial charge in [-0.05, 0) is 75.5 Å². The monoisotopic (exact) mass is 509 g/mol. The van der Waals surface area contributed by atoms with Crippen LogP contribution in [0.1, 0.15) is 43.5 Å². The van der Waals surface area contributed by atoms with Gasteiger partial charge in [-0.3, -0.25) is 0 Å². The minimum atomic E-state index is -5.08. The minimum absolute atomic E-state index is 0.162.